The molecule has 0 aromatic carbocycles. The largest absolute Gasteiger partial charge is 0.481 e. The molecular weight excluding hydrogens is 246 g/mol. The van der Waals surface area contributed by atoms with E-state index in [0.717, 1.165) is 0 Å². The minimum absolute atomic E-state index is 0.133. The number of nitrogens with one attached hydrogen (secondary N) is 1. The van der Waals surface area contributed by atoms with Gasteiger partial charge in [0.2, 0.25) is 5.91 Å². The Morgan fingerprint density at radius 1 is 1.21 bits per heavy atom. The standard InChI is InChI=1S/C14H23NO4/c1-3-14(4-2,9-16)15-12(17)10-7-5-6-8-11(10)13(18)19/h5-6,10-11,16H,3-4,7-9H2,1-2H3,(H,15,17)(H,18,19). The maximum Gasteiger partial charge on any atom is 0.307 e. The highest BCUT2D eigenvalue weighted by atomic mass is 16.4. The number of hydrogen-bond donors (Lipinski definition) is 3. The van der Waals surface area contributed by atoms with E-state index < -0.39 is 23.3 Å². The first-order valence-corrected chi connectivity index (χ1v) is 6.80. The lowest BCUT2D eigenvalue weighted by atomic mass is 9.81. The molecule has 1 aliphatic carbocycles. The smallest absolute Gasteiger partial charge is 0.307 e. The van der Waals surface area contributed by atoms with Crippen LogP contribution in [0.15, 0.2) is 12.2 Å². The van der Waals surface area contributed by atoms with E-state index in [9.17, 15) is 14.7 Å². The Morgan fingerprint density at radius 3 is 2.16 bits per heavy atom. The Balaban J connectivity index is 2.81. The van der Waals surface area contributed by atoms with Crippen molar-refractivity contribution in [3.05, 3.63) is 12.2 Å². The molecule has 0 aliphatic heterocycles. The lowest BCUT2D eigenvalue weighted by Crippen LogP contribution is -2.53. The monoisotopic (exact) mass is 269 g/mol. The third-order valence-corrected chi connectivity index (χ3v) is 4.13. The average molecular weight is 269 g/mol. The number of carboxylic acids is 1. The van der Waals surface area contributed by atoms with Gasteiger partial charge in [0.15, 0.2) is 0 Å². The number of aliphatic hydroxyl groups is 1. The summed E-state index contributed by atoms with van der Waals surface area (Å²) in [5.74, 6) is -2.43. The number of rotatable bonds is 6. The van der Waals surface area contributed by atoms with Gasteiger partial charge in [-0.3, -0.25) is 9.59 Å². The van der Waals surface area contributed by atoms with Crippen molar-refractivity contribution in [1.82, 2.24) is 5.32 Å². The number of carboxylic acid groups (broad SMARTS) is 1. The Kier molecular flexibility index (Phi) is 5.54. The summed E-state index contributed by atoms with van der Waals surface area (Å²) in [6.45, 7) is 3.66. The highest BCUT2D eigenvalue weighted by Crippen LogP contribution is 2.27. The quantitative estimate of drug-likeness (QED) is 0.635. The van der Waals surface area contributed by atoms with Crippen LogP contribution in [0.2, 0.25) is 0 Å². The maximum absolute atomic E-state index is 12.3. The fourth-order valence-electron chi connectivity index (χ4n) is 2.42. The second-order valence-electron chi connectivity index (χ2n) is 5.13. The van der Waals surface area contributed by atoms with Crippen LogP contribution in [0.4, 0.5) is 0 Å². The van der Waals surface area contributed by atoms with Crippen molar-refractivity contribution in [1.29, 1.82) is 0 Å². The number of hydrogen-bond acceptors (Lipinski definition) is 3. The van der Waals surface area contributed by atoms with Crippen molar-refractivity contribution in [3.63, 3.8) is 0 Å². The van der Waals surface area contributed by atoms with Gasteiger partial charge in [-0.05, 0) is 25.7 Å². The molecule has 3 N–H and O–H groups in total. The van der Waals surface area contributed by atoms with Gasteiger partial charge in [-0.2, -0.15) is 0 Å². The predicted octanol–water partition coefficient (Wildman–Crippen LogP) is 1.32. The van der Waals surface area contributed by atoms with E-state index in [0.29, 0.717) is 25.7 Å². The van der Waals surface area contributed by atoms with Gasteiger partial charge in [0.1, 0.15) is 0 Å². The zero-order valence-electron chi connectivity index (χ0n) is 11.6. The summed E-state index contributed by atoms with van der Waals surface area (Å²) >= 11 is 0. The van der Waals surface area contributed by atoms with E-state index >= 15 is 0 Å². The van der Waals surface area contributed by atoms with Crippen LogP contribution in [0.5, 0.6) is 0 Å². The molecule has 19 heavy (non-hydrogen) atoms. The predicted molar refractivity (Wildman–Crippen MR) is 71.5 cm³/mol. The van der Waals surface area contributed by atoms with Gasteiger partial charge in [0.05, 0.1) is 24.0 Å². The van der Waals surface area contributed by atoms with Crippen LogP contribution in [-0.2, 0) is 9.59 Å². The van der Waals surface area contributed by atoms with Gasteiger partial charge in [0, 0.05) is 0 Å². The van der Waals surface area contributed by atoms with Crippen LogP contribution in [-0.4, -0.2) is 34.2 Å². The number of aliphatic carboxylic acids is 1. The first-order chi connectivity index (χ1) is 8.99. The molecule has 2 atom stereocenters. The Labute approximate surface area is 113 Å². The van der Waals surface area contributed by atoms with E-state index in [1.807, 2.05) is 26.0 Å². The molecule has 0 aromatic heterocycles. The molecule has 1 aliphatic rings. The molecule has 5 nitrogen and oxygen atoms in total. The molecule has 0 saturated heterocycles. The number of carbonyl (C=O) groups is 2. The van der Waals surface area contributed by atoms with Gasteiger partial charge in [-0.1, -0.05) is 26.0 Å². The fraction of sp³-hybridized carbons (Fsp3) is 0.714. The topological polar surface area (TPSA) is 86.6 Å². The highest BCUT2D eigenvalue weighted by Gasteiger charge is 2.37. The van der Waals surface area contributed by atoms with Crippen molar-refractivity contribution in [2.75, 3.05) is 6.61 Å². The van der Waals surface area contributed by atoms with Crippen LogP contribution in [0.1, 0.15) is 39.5 Å². The summed E-state index contributed by atoms with van der Waals surface area (Å²) in [4.78, 5) is 23.5. The van der Waals surface area contributed by atoms with Crippen LogP contribution in [0.25, 0.3) is 0 Å². The van der Waals surface area contributed by atoms with Crippen LogP contribution in [0.3, 0.4) is 0 Å². The van der Waals surface area contributed by atoms with Gasteiger partial charge < -0.3 is 15.5 Å². The molecule has 0 radical (unpaired) electrons. The Bertz CT molecular complexity index is 352. The second kappa shape index (κ2) is 6.70. The minimum atomic E-state index is -0.938. The third kappa shape index (κ3) is 3.56. The van der Waals surface area contributed by atoms with Gasteiger partial charge in [0.25, 0.3) is 0 Å². The molecule has 0 bridgehead atoms. The number of allylic oxidation sites excluding steroid dienone is 2. The van der Waals surface area contributed by atoms with E-state index in [1.54, 1.807) is 0 Å². The van der Waals surface area contributed by atoms with E-state index in [2.05, 4.69) is 5.32 Å². The molecular formula is C14H23NO4. The van der Waals surface area contributed by atoms with Crippen molar-refractivity contribution in [3.8, 4) is 0 Å². The van der Waals surface area contributed by atoms with E-state index in [4.69, 9.17) is 5.11 Å². The van der Waals surface area contributed by atoms with Crippen molar-refractivity contribution < 1.29 is 19.8 Å². The highest BCUT2D eigenvalue weighted by molar-refractivity contribution is 5.85. The summed E-state index contributed by atoms with van der Waals surface area (Å²) in [7, 11) is 0. The normalized spacial score (nSPS) is 23.1. The number of carbonyl (C=O) groups excluding carboxylic acids is 1. The molecule has 1 rings (SSSR count). The first kappa shape index (κ1) is 15.7. The molecule has 0 heterocycles. The SMILES string of the molecule is CCC(CC)(CO)NC(=O)C1CC=CCC1C(=O)O. The number of amides is 1. The van der Waals surface area contributed by atoms with Crippen LogP contribution >= 0.6 is 0 Å². The van der Waals surface area contributed by atoms with Crippen molar-refractivity contribution in [2.24, 2.45) is 11.8 Å². The molecule has 108 valence electrons. The lowest BCUT2D eigenvalue weighted by molar-refractivity contribution is -0.148. The van der Waals surface area contributed by atoms with Crippen LogP contribution < -0.4 is 5.32 Å². The molecule has 1 amide bonds. The third-order valence-electron chi connectivity index (χ3n) is 4.13. The van der Waals surface area contributed by atoms with Gasteiger partial charge in [-0.25, -0.2) is 0 Å². The van der Waals surface area contributed by atoms with Crippen molar-refractivity contribution in [2.45, 2.75) is 45.1 Å². The van der Waals surface area contributed by atoms with Crippen molar-refractivity contribution >= 4 is 11.9 Å². The summed E-state index contributed by atoms with van der Waals surface area (Å²) in [6, 6.07) is 0. The molecule has 5 heteroatoms. The molecule has 0 fully saturated rings. The molecule has 0 spiro atoms. The molecule has 2 unspecified atom stereocenters. The summed E-state index contributed by atoms with van der Waals surface area (Å²) in [5.41, 5.74) is -0.638. The van der Waals surface area contributed by atoms with Gasteiger partial charge in [-0.15, -0.1) is 0 Å². The van der Waals surface area contributed by atoms with E-state index in [1.165, 1.54) is 0 Å². The minimum Gasteiger partial charge on any atom is -0.481 e. The molecule has 0 aromatic rings. The van der Waals surface area contributed by atoms with Gasteiger partial charge >= 0.3 is 5.97 Å². The zero-order chi connectivity index (χ0) is 14.5. The zero-order valence-corrected chi connectivity index (χ0v) is 11.6. The summed E-state index contributed by atoms with van der Waals surface area (Å²) in [6.07, 6.45) is 5.72. The maximum atomic E-state index is 12.3. The number of aliphatic hydroxyl groups excluding tert-OH is 1. The molecule has 0 saturated carbocycles. The van der Waals surface area contributed by atoms with E-state index in [-0.39, 0.29) is 12.5 Å². The summed E-state index contributed by atoms with van der Waals surface area (Å²) in [5, 5.41) is 21.5. The Morgan fingerprint density at radius 2 is 1.74 bits per heavy atom. The average Bonchev–Trinajstić information content (AvgIpc) is 2.44. The lowest BCUT2D eigenvalue weighted by Gasteiger charge is -2.34. The summed E-state index contributed by atoms with van der Waals surface area (Å²) < 4.78 is 0. The Hall–Kier alpha value is -1.36. The van der Waals surface area contributed by atoms with Crippen LogP contribution in [0, 0.1) is 11.8 Å². The first-order valence-electron chi connectivity index (χ1n) is 6.80. The second-order valence-corrected chi connectivity index (χ2v) is 5.13. The fourth-order valence-corrected chi connectivity index (χ4v) is 2.42.